The lowest BCUT2D eigenvalue weighted by Gasteiger charge is -2.47. The minimum Gasteiger partial charge on any atom is -0.481 e. The van der Waals surface area contributed by atoms with Crippen molar-refractivity contribution in [3.8, 4) is 0 Å². The lowest BCUT2D eigenvalue weighted by Crippen LogP contribution is -2.56. The lowest BCUT2D eigenvalue weighted by atomic mass is 9.59. The number of rotatable bonds is 4. The van der Waals surface area contributed by atoms with Crippen LogP contribution in [0.3, 0.4) is 0 Å². The van der Waals surface area contributed by atoms with Gasteiger partial charge in [-0.25, -0.2) is 0 Å². The molecule has 1 fully saturated rings. The molecule has 0 aliphatic heterocycles. The Morgan fingerprint density at radius 1 is 1.26 bits per heavy atom. The molecule has 0 amide bonds. The fourth-order valence-corrected chi connectivity index (χ4v) is 3.78. The van der Waals surface area contributed by atoms with Gasteiger partial charge in [0.15, 0.2) is 5.79 Å². The monoisotopic (exact) mass is 274 g/mol. The van der Waals surface area contributed by atoms with Crippen LogP contribution in [0, 0.1) is 16.7 Å². The third-order valence-electron chi connectivity index (χ3n) is 4.77. The molecular formula is C14H26O5. The van der Waals surface area contributed by atoms with E-state index in [0.717, 1.165) is 0 Å². The number of aliphatic hydroxyl groups is 1. The van der Waals surface area contributed by atoms with E-state index in [1.807, 2.05) is 20.8 Å². The molecule has 0 heterocycles. The van der Waals surface area contributed by atoms with E-state index in [2.05, 4.69) is 0 Å². The third kappa shape index (κ3) is 2.18. The minimum absolute atomic E-state index is 0.420. The van der Waals surface area contributed by atoms with Crippen LogP contribution >= 0.6 is 0 Å². The van der Waals surface area contributed by atoms with Crippen molar-refractivity contribution in [2.45, 2.75) is 52.4 Å². The third-order valence-corrected chi connectivity index (χ3v) is 4.77. The molecule has 1 rings (SSSR count). The molecular weight excluding hydrogens is 248 g/mol. The number of carboxylic acids is 1. The van der Waals surface area contributed by atoms with E-state index >= 15 is 0 Å². The predicted octanol–water partition coefficient (Wildman–Crippen LogP) is 1.88. The number of carboxylic acid groups (broad SMARTS) is 1. The highest BCUT2D eigenvalue weighted by atomic mass is 16.7. The standard InChI is InChI=1S/C14H26O5/c1-9(15)10-13(11(16)17,12(2,3)4)7-8-14(10,18-5)19-6/h9-10,15H,7-8H2,1-6H3,(H,16,17). The van der Waals surface area contributed by atoms with Gasteiger partial charge >= 0.3 is 5.97 Å². The van der Waals surface area contributed by atoms with Gasteiger partial charge in [-0.2, -0.15) is 0 Å². The second kappa shape index (κ2) is 5.04. The molecule has 0 bridgehead atoms. The summed E-state index contributed by atoms with van der Waals surface area (Å²) in [5, 5.41) is 20.0. The summed E-state index contributed by atoms with van der Waals surface area (Å²) in [5.41, 5.74) is -1.59. The van der Waals surface area contributed by atoms with Crippen LogP contribution in [0.2, 0.25) is 0 Å². The van der Waals surface area contributed by atoms with Gasteiger partial charge < -0.3 is 19.7 Å². The van der Waals surface area contributed by atoms with Gasteiger partial charge in [-0.05, 0) is 18.8 Å². The molecule has 1 aliphatic carbocycles. The number of ether oxygens (including phenoxy) is 2. The van der Waals surface area contributed by atoms with Crippen LogP contribution in [-0.2, 0) is 14.3 Å². The molecule has 0 saturated heterocycles. The molecule has 5 heteroatoms. The molecule has 3 atom stereocenters. The average molecular weight is 274 g/mol. The molecule has 0 spiro atoms. The van der Waals surface area contributed by atoms with E-state index in [1.165, 1.54) is 14.2 Å². The molecule has 0 radical (unpaired) electrons. The van der Waals surface area contributed by atoms with Crippen molar-refractivity contribution >= 4 is 5.97 Å². The molecule has 0 aromatic heterocycles. The first-order valence-electron chi connectivity index (χ1n) is 6.61. The number of aliphatic hydroxyl groups excluding tert-OH is 1. The summed E-state index contributed by atoms with van der Waals surface area (Å²) in [6.07, 6.45) is 0.0418. The van der Waals surface area contributed by atoms with Crippen LogP contribution in [0.5, 0.6) is 0 Å². The van der Waals surface area contributed by atoms with E-state index in [0.29, 0.717) is 12.8 Å². The quantitative estimate of drug-likeness (QED) is 0.766. The Hall–Kier alpha value is -0.650. The van der Waals surface area contributed by atoms with Gasteiger partial charge in [0.2, 0.25) is 0 Å². The normalized spacial score (nSPS) is 32.3. The van der Waals surface area contributed by atoms with Crippen LogP contribution in [0.25, 0.3) is 0 Å². The molecule has 0 aromatic carbocycles. The fraction of sp³-hybridized carbons (Fsp3) is 0.929. The Bertz CT molecular complexity index is 340. The molecule has 2 N–H and O–H groups in total. The lowest BCUT2D eigenvalue weighted by molar-refractivity contribution is -0.261. The summed E-state index contributed by atoms with van der Waals surface area (Å²) >= 11 is 0. The summed E-state index contributed by atoms with van der Waals surface area (Å²) in [6, 6.07) is 0. The second-order valence-corrected chi connectivity index (χ2v) is 6.46. The van der Waals surface area contributed by atoms with E-state index in [4.69, 9.17) is 9.47 Å². The smallest absolute Gasteiger partial charge is 0.310 e. The highest BCUT2D eigenvalue weighted by molar-refractivity contribution is 5.77. The average Bonchev–Trinajstić information content (AvgIpc) is 2.65. The fourth-order valence-electron chi connectivity index (χ4n) is 3.78. The number of aliphatic carboxylic acids is 1. The maximum absolute atomic E-state index is 12.0. The number of methoxy groups -OCH3 is 2. The minimum atomic E-state index is -1.08. The van der Waals surface area contributed by atoms with Crippen molar-refractivity contribution in [2.24, 2.45) is 16.7 Å². The van der Waals surface area contributed by atoms with Crippen molar-refractivity contribution in [1.82, 2.24) is 0 Å². The van der Waals surface area contributed by atoms with Crippen molar-refractivity contribution in [3.05, 3.63) is 0 Å². The molecule has 112 valence electrons. The predicted molar refractivity (Wildman–Crippen MR) is 70.7 cm³/mol. The Morgan fingerprint density at radius 2 is 1.74 bits per heavy atom. The van der Waals surface area contributed by atoms with E-state index in [-0.39, 0.29) is 0 Å². The second-order valence-electron chi connectivity index (χ2n) is 6.46. The van der Waals surface area contributed by atoms with Gasteiger partial charge in [-0.15, -0.1) is 0 Å². The molecule has 5 nitrogen and oxygen atoms in total. The van der Waals surface area contributed by atoms with Gasteiger partial charge in [0.25, 0.3) is 0 Å². The largest absolute Gasteiger partial charge is 0.481 e. The van der Waals surface area contributed by atoms with E-state index < -0.39 is 34.6 Å². The maximum Gasteiger partial charge on any atom is 0.310 e. The maximum atomic E-state index is 12.0. The first-order chi connectivity index (χ1) is 8.59. The first kappa shape index (κ1) is 16.4. The SMILES string of the molecule is COC1(OC)CCC(C(=O)O)(C(C)(C)C)C1C(C)O. The van der Waals surface area contributed by atoms with Crippen molar-refractivity contribution in [3.63, 3.8) is 0 Å². The van der Waals surface area contributed by atoms with Crippen LogP contribution in [0.1, 0.15) is 40.5 Å². The van der Waals surface area contributed by atoms with Gasteiger partial charge in [0, 0.05) is 20.6 Å². The van der Waals surface area contributed by atoms with Gasteiger partial charge in [-0.3, -0.25) is 4.79 Å². The Labute approximate surface area is 114 Å². The molecule has 19 heavy (non-hydrogen) atoms. The molecule has 1 saturated carbocycles. The zero-order chi connectivity index (χ0) is 15.1. The summed E-state index contributed by atoms with van der Waals surface area (Å²) in [7, 11) is 3.00. The van der Waals surface area contributed by atoms with Gasteiger partial charge in [0.05, 0.1) is 17.4 Å². The molecule has 0 aromatic rings. The zero-order valence-electron chi connectivity index (χ0n) is 12.7. The number of hydrogen-bond donors (Lipinski definition) is 2. The van der Waals surface area contributed by atoms with Crippen LogP contribution in [0.4, 0.5) is 0 Å². The first-order valence-corrected chi connectivity index (χ1v) is 6.61. The Kier molecular flexibility index (Phi) is 4.35. The Morgan fingerprint density at radius 3 is 2.00 bits per heavy atom. The molecule has 3 unspecified atom stereocenters. The van der Waals surface area contributed by atoms with Crippen LogP contribution in [0.15, 0.2) is 0 Å². The highest BCUT2D eigenvalue weighted by Crippen LogP contribution is 2.60. The van der Waals surface area contributed by atoms with Crippen molar-refractivity contribution in [1.29, 1.82) is 0 Å². The summed E-state index contributed by atoms with van der Waals surface area (Å²) in [5.74, 6) is -2.56. The molecule has 1 aliphatic rings. The van der Waals surface area contributed by atoms with Gasteiger partial charge in [0.1, 0.15) is 0 Å². The highest BCUT2D eigenvalue weighted by Gasteiger charge is 2.67. The van der Waals surface area contributed by atoms with Crippen LogP contribution < -0.4 is 0 Å². The number of carbonyl (C=O) groups is 1. The van der Waals surface area contributed by atoms with E-state index in [1.54, 1.807) is 6.92 Å². The summed E-state index contributed by atoms with van der Waals surface area (Å²) < 4.78 is 11.0. The summed E-state index contributed by atoms with van der Waals surface area (Å²) in [4.78, 5) is 12.0. The van der Waals surface area contributed by atoms with Gasteiger partial charge in [-0.1, -0.05) is 20.8 Å². The van der Waals surface area contributed by atoms with E-state index in [9.17, 15) is 15.0 Å². The van der Waals surface area contributed by atoms with Crippen LogP contribution in [-0.4, -0.2) is 42.3 Å². The topological polar surface area (TPSA) is 76.0 Å². The van der Waals surface area contributed by atoms with Crippen molar-refractivity contribution < 1.29 is 24.5 Å². The van der Waals surface area contributed by atoms with Crippen molar-refractivity contribution in [2.75, 3.05) is 14.2 Å². The summed E-state index contributed by atoms with van der Waals surface area (Å²) in [6.45, 7) is 7.26. The number of hydrogen-bond acceptors (Lipinski definition) is 4. The Balaban J connectivity index is 3.46. The zero-order valence-corrected chi connectivity index (χ0v) is 12.7.